The Bertz CT molecular complexity index is 647. The van der Waals surface area contributed by atoms with Gasteiger partial charge in [0.25, 0.3) is 0 Å². The van der Waals surface area contributed by atoms with Gasteiger partial charge in [-0.05, 0) is 31.5 Å². The van der Waals surface area contributed by atoms with Gasteiger partial charge in [-0.3, -0.25) is 4.90 Å². The first-order valence-electron chi connectivity index (χ1n) is 7.74. The molecule has 3 rings (SSSR count). The maximum atomic E-state index is 5.99. The number of piperazine rings is 1. The largest absolute Gasteiger partial charge is 0.383 e. The van der Waals surface area contributed by atoms with Crippen molar-refractivity contribution in [1.29, 1.82) is 0 Å². The van der Waals surface area contributed by atoms with E-state index in [0.29, 0.717) is 5.82 Å². The number of aromatic nitrogens is 2. The summed E-state index contributed by atoms with van der Waals surface area (Å²) in [5.41, 5.74) is 9.64. The molecule has 1 aliphatic rings. The Morgan fingerprint density at radius 2 is 1.91 bits per heavy atom. The van der Waals surface area contributed by atoms with Crippen LogP contribution in [0.15, 0.2) is 30.5 Å². The highest BCUT2D eigenvalue weighted by atomic mass is 15.3. The van der Waals surface area contributed by atoms with Gasteiger partial charge in [-0.15, -0.1) is 0 Å². The normalized spacial score (nSPS) is 16.0. The minimum Gasteiger partial charge on any atom is -0.383 e. The highest BCUT2D eigenvalue weighted by molar-refractivity contribution is 5.48. The van der Waals surface area contributed by atoms with Crippen LogP contribution in [0.4, 0.5) is 11.5 Å². The third-order valence-corrected chi connectivity index (χ3v) is 4.15. The number of nitrogens with two attached hydrogens (primary N) is 1. The van der Waals surface area contributed by atoms with E-state index in [1.165, 1.54) is 11.3 Å². The maximum absolute atomic E-state index is 5.99. The van der Waals surface area contributed by atoms with Crippen molar-refractivity contribution in [3.8, 4) is 0 Å². The third kappa shape index (κ3) is 3.36. The molecule has 1 saturated heterocycles. The number of hydrogen-bond acceptors (Lipinski definition) is 5. The molecule has 116 valence electrons. The van der Waals surface area contributed by atoms with Crippen molar-refractivity contribution in [2.45, 2.75) is 20.4 Å². The smallest absolute Gasteiger partial charge is 0.131 e. The van der Waals surface area contributed by atoms with Crippen LogP contribution in [0, 0.1) is 13.8 Å². The highest BCUT2D eigenvalue weighted by Gasteiger charge is 2.18. The summed E-state index contributed by atoms with van der Waals surface area (Å²) in [6.07, 6.45) is 1.85. The van der Waals surface area contributed by atoms with Crippen molar-refractivity contribution in [3.05, 3.63) is 47.4 Å². The van der Waals surface area contributed by atoms with Crippen LogP contribution in [-0.2, 0) is 6.54 Å². The van der Waals surface area contributed by atoms with E-state index in [9.17, 15) is 0 Å². The van der Waals surface area contributed by atoms with Crippen LogP contribution >= 0.6 is 0 Å². The number of anilines is 2. The second kappa shape index (κ2) is 6.32. The Hall–Kier alpha value is -2.14. The minimum absolute atomic E-state index is 0.605. The van der Waals surface area contributed by atoms with Crippen LogP contribution in [0.1, 0.15) is 17.0 Å². The molecule has 0 unspecified atom stereocenters. The van der Waals surface area contributed by atoms with E-state index >= 15 is 0 Å². The second-order valence-electron chi connectivity index (χ2n) is 5.93. The summed E-state index contributed by atoms with van der Waals surface area (Å²) in [4.78, 5) is 13.3. The quantitative estimate of drug-likeness (QED) is 0.939. The van der Waals surface area contributed by atoms with E-state index < -0.39 is 0 Å². The Balaban J connectivity index is 1.60. The van der Waals surface area contributed by atoms with Gasteiger partial charge in [0.05, 0.1) is 0 Å². The van der Waals surface area contributed by atoms with Gasteiger partial charge in [0.15, 0.2) is 0 Å². The van der Waals surface area contributed by atoms with Crippen LogP contribution in [0.3, 0.4) is 0 Å². The summed E-state index contributed by atoms with van der Waals surface area (Å²) in [5.74, 6) is 1.33. The molecule has 2 N–H and O–H groups in total. The van der Waals surface area contributed by atoms with E-state index in [1.807, 2.05) is 13.1 Å². The fraction of sp³-hybridized carbons (Fsp3) is 0.412. The molecule has 0 aliphatic carbocycles. The lowest BCUT2D eigenvalue weighted by Crippen LogP contribution is -2.46. The van der Waals surface area contributed by atoms with Crippen molar-refractivity contribution in [2.75, 3.05) is 36.8 Å². The zero-order valence-corrected chi connectivity index (χ0v) is 13.3. The molecule has 2 aromatic rings. The van der Waals surface area contributed by atoms with E-state index in [1.54, 1.807) is 0 Å². The van der Waals surface area contributed by atoms with Crippen LogP contribution in [-0.4, -0.2) is 41.0 Å². The summed E-state index contributed by atoms with van der Waals surface area (Å²) in [6.45, 7) is 8.96. The highest BCUT2D eigenvalue weighted by Crippen LogP contribution is 2.19. The van der Waals surface area contributed by atoms with E-state index in [4.69, 9.17) is 5.73 Å². The number of nitrogen functional groups attached to an aromatic ring is 1. The first-order chi connectivity index (χ1) is 10.6. The molecule has 1 aromatic heterocycles. The number of benzene rings is 1. The predicted molar refractivity (Wildman–Crippen MR) is 89.9 cm³/mol. The van der Waals surface area contributed by atoms with E-state index in [2.05, 4.69) is 51.0 Å². The van der Waals surface area contributed by atoms with Gasteiger partial charge in [-0.2, -0.15) is 0 Å². The van der Waals surface area contributed by atoms with Crippen molar-refractivity contribution in [2.24, 2.45) is 0 Å². The zero-order chi connectivity index (χ0) is 15.5. The lowest BCUT2D eigenvalue weighted by molar-refractivity contribution is 0.250. The van der Waals surface area contributed by atoms with Gasteiger partial charge in [0.2, 0.25) is 0 Å². The SMILES string of the molecule is Cc1cccc(N2CCN(Cc3cnc(C)nc3N)CC2)c1. The molecule has 0 atom stereocenters. The lowest BCUT2D eigenvalue weighted by atomic mass is 10.2. The molecule has 0 radical (unpaired) electrons. The molecule has 0 amide bonds. The fourth-order valence-corrected chi connectivity index (χ4v) is 2.86. The van der Waals surface area contributed by atoms with Gasteiger partial charge in [0, 0.05) is 50.2 Å². The molecular weight excluding hydrogens is 274 g/mol. The molecule has 1 aliphatic heterocycles. The monoisotopic (exact) mass is 297 g/mol. The second-order valence-corrected chi connectivity index (χ2v) is 5.93. The molecule has 5 heteroatoms. The van der Waals surface area contributed by atoms with E-state index in [0.717, 1.165) is 44.1 Å². The topological polar surface area (TPSA) is 58.3 Å². The van der Waals surface area contributed by atoms with Crippen molar-refractivity contribution in [1.82, 2.24) is 14.9 Å². The molecular formula is C17H23N5. The van der Waals surface area contributed by atoms with Gasteiger partial charge >= 0.3 is 0 Å². The van der Waals surface area contributed by atoms with Crippen LogP contribution in [0.25, 0.3) is 0 Å². The molecule has 1 aromatic carbocycles. The lowest BCUT2D eigenvalue weighted by Gasteiger charge is -2.36. The van der Waals surface area contributed by atoms with Gasteiger partial charge in [-0.25, -0.2) is 9.97 Å². The average Bonchev–Trinajstić information content (AvgIpc) is 2.51. The fourth-order valence-electron chi connectivity index (χ4n) is 2.86. The maximum Gasteiger partial charge on any atom is 0.131 e. The Morgan fingerprint density at radius 3 is 2.59 bits per heavy atom. The van der Waals surface area contributed by atoms with Gasteiger partial charge in [-0.1, -0.05) is 12.1 Å². The van der Waals surface area contributed by atoms with Crippen molar-refractivity contribution >= 4 is 11.5 Å². The van der Waals surface area contributed by atoms with Crippen LogP contribution < -0.4 is 10.6 Å². The van der Waals surface area contributed by atoms with Gasteiger partial charge < -0.3 is 10.6 Å². The summed E-state index contributed by atoms with van der Waals surface area (Å²) in [5, 5.41) is 0. The molecule has 0 saturated carbocycles. The molecule has 0 spiro atoms. The van der Waals surface area contributed by atoms with Crippen molar-refractivity contribution < 1.29 is 0 Å². The first kappa shape index (κ1) is 14.8. The summed E-state index contributed by atoms with van der Waals surface area (Å²) < 4.78 is 0. The molecule has 22 heavy (non-hydrogen) atoms. The summed E-state index contributed by atoms with van der Waals surface area (Å²) >= 11 is 0. The Morgan fingerprint density at radius 1 is 1.14 bits per heavy atom. The number of nitrogens with zero attached hydrogens (tertiary/aromatic N) is 4. The standard InChI is InChI=1S/C17H23N5/c1-13-4-3-5-16(10-13)22-8-6-21(7-9-22)12-15-11-19-14(2)20-17(15)18/h3-5,10-11H,6-9,12H2,1-2H3,(H2,18,19,20). The van der Waals surface area contributed by atoms with Crippen LogP contribution in [0.5, 0.6) is 0 Å². The van der Waals surface area contributed by atoms with Gasteiger partial charge in [0.1, 0.15) is 11.6 Å². The molecule has 1 fully saturated rings. The Labute approximate surface area is 131 Å². The minimum atomic E-state index is 0.605. The first-order valence-corrected chi connectivity index (χ1v) is 7.74. The average molecular weight is 297 g/mol. The third-order valence-electron chi connectivity index (χ3n) is 4.15. The predicted octanol–water partition coefficient (Wildman–Crippen LogP) is 2.00. The van der Waals surface area contributed by atoms with Crippen LogP contribution in [0.2, 0.25) is 0 Å². The summed E-state index contributed by atoms with van der Waals surface area (Å²) in [7, 11) is 0. The number of rotatable bonds is 3. The Kier molecular flexibility index (Phi) is 4.24. The van der Waals surface area contributed by atoms with Crippen molar-refractivity contribution in [3.63, 3.8) is 0 Å². The molecule has 2 heterocycles. The zero-order valence-electron chi connectivity index (χ0n) is 13.3. The number of aryl methyl sites for hydroxylation is 2. The molecule has 0 bridgehead atoms. The summed E-state index contributed by atoms with van der Waals surface area (Å²) in [6, 6.07) is 8.71. The number of hydrogen-bond donors (Lipinski definition) is 1. The molecule has 5 nitrogen and oxygen atoms in total. The van der Waals surface area contributed by atoms with E-state index in [-0.39, 0.29) is 0 Å².